The summed E-state index contributed by atoms with van der Waals surface area (Å²) in [5, 5.41) is 0. The highest BCUT2D eigenvalue weighted by atomic mass is 16.5. The van der Waals surface area contributed by atoms with E-state index in [0.29, 0.717) is 12.3 Å². The second-order valence-electron chi connectivity index (χ2n) is 3.87. The smallest absolute Gasteiger partial charge is 0.326 e. The first kappa shape index (κ1) is 10.5. The molecule has 1 atom stereocenters. The molecule has 0 bridgehead atoms. The fourth-order valence-electron chi connectivity index (χ4n) is 2.23. The quantitative estimate of drug-likeness (QED) is 0.677. The summed E-state index contributed by atoms with van der Waals surface area (Å²) < 4.78 is 4.75. The van der Waals surface area contributed by atoms with Crippen LogP contribution in [0.2, 0.25) is 0 Å². The number of carbonyl (C=O) groups excluding carboxylic acids is 1. The molecular formula is C10H19NO2. The molecule has 0 heterocycles. The van der Waals surface area contributed by atoms with Gasteiger partial charge in [-0.3, -0.25) is 4.79 Å². The van der Waals surface area contributed by atoms with Gasteiger partial charge in [0, 0.05) is 0 Å². The molecule has 0 aromatic rings. The third kappa shape index (κ3) is 1.85. The summed E-state index contributed by atoms with van der Waals surface area (Å²) in [7, 11) is 1.41. The van der Waals surface area contributed by atoms with E-state index in [0.717, 1.165) is 12.8 Å². The lowest BCUT2D eigenvalue weighted by atomic mass is 9.81. The largest absolute Gasteiger partial charge is 0.468 e. The Labute approximate surface area is 79.6 Å². The van der Waals surface area contributed by atoms with E-state index in [-0.39, 0.29) is 5.97 Å². The van der Waals surface area contributed by atoms with Gasteiger partial charge < -0.3 is 10.5 Å². The predicted molar refractivity (Wildman–Crippen MR) is 51.2 cm³/mol. The highest BCUT2D eigenvalue weighted by Crippen LogP contribution is 2.35. The zero-order chi connectivity index (χ0) is 9.90. The van der Waals surface area contributed by atoms with Crippen molar-refractivity contribution in [2.24, 2.45) is 11.7 Å². The molecule has 0 radical (unpaired) electrons. The Morgan fingerprint density at radius 3 is 2.46 bits per heavy atom. The van der Waals surface area contributed by atoms with E-state index < -0.39 is 5.54 Å². The van der Waals surface area contributed by atoms with Crippen molar-refractivity contribution in [3.8, 4) is 0 Å². The third-order valence-corrected chi connectivity index (χ3v) is 3.23. The molecule has 1 fully saturated rings. The number of nitrogens with two attached hydrogens (primary N) is 1. The molecule has 3 nitrogen and oxygen atoms in total. The minimum Gasteiger partial charge on any atom is -0.468 e. The van der Waals surface area contributed by atoms with E-state index in [4.69, 9.17) is 10.5 Å². The van der Waals surface area contributed by atoms with Crippen molar-refractivity contribution in [1.82, 2.24) is 0 Å². The van der Waals surface area contributed by atoms with Crippen LogP contribution in [0.25, 0.3) is 0 Å². The molecule has 1 aliphatic carbocycles. The summed E-state index contributed by atoms with van der Waals surface area (Å²) >= 11 is 0. The molecule has 0 amide bonds. The van der Waals surface area contributed by atoms with Crippen LogP contribution in [0.1, 0.15) is 39.0 Å². The summed E-state index contributed by atoms with van der Waals surface area (Å²) in [4.78, 5) is 11.5. The third-order valence-electron chi connectivity index (χ3n) is 3.23. The van der Waals surface area contributed by atoms with Gasteiger partial charge in [-0.1, -0.05) is 19.8 Å². The van der Waals surface area contributed by atoms with Gasteiger partial charge in [-0.15, -0.1) is 0 Å². The number of rotatable bonds is 3. The second-order valence-corrected chi connectivity index (χ2v) is 3.87. The molecule has 3 heteroatoms. The SMILES string of the molecule is CC[C@](N)(C(=O)OC)C1CCCC1. The Kier molecular flexibility index (Phi) is 3.31. The molecule has 0 unspecified atom stereocenters. The Bertz CT molecular complexity index is 187. The lowest BCUT2D eigenvalue weighted by molar-refractivity contribution is -0.149. The molecule has 1 rings (SSSR count). The summed E-state index contributed by atoms with van der Waals surface area (Å²) in [5.74, 6) is 0.0758. The van der Waals surface area contributed by atoms with Crippen LogP contribution in [0.15, 0.2) is 0 Å². The van der Waals surface area contributed by atoms with Crippen molar-refractivity contribution >= 4 is 5.97 Å². The minimum absolute atomic E-state index is 0.248. The first-order valence-electron chi connectivity index (χ1n) is 5.02. The molecular weight excluding hydrogens is 166 g/mol. The van der Waals surface area contributed by atoms with E-state index in [1.54, 1.807) is 0 Å². The maximum atomic E-state index is 11.5. The van der Waals surface area contributed by atoms with Crippen molar-refractivity contribution < 1.29 is 9.53 Å². The number of ether oxygens (including phenoxy) is 1. The van der Waals surface area contributed by atoms with Crippen LogP contribution in [-0.2, 0) is 9.53 Å². The Morgan fingerprint density at radius 2 is 2.08 bits per heavy atom. The van der Waals surface area contributed by atoms with Gasteiger partial charge in [0.15, 0.2) is 0 Å². The lowest BCUT2D eigenvalue weighted by Crippen LogP contribution is -2.53. The molecule has 0 aliphatic heterocycles. The first-order chi connectivity index (χ1) is 6.15. The van der Waals surface area contributed by atoms with Crippen LogP contribution in [0.4, 0.5) is 0 Å². The molecule has 76 valence electrons. The number of hydrogen-bond acceptors (Lipinski definition) is 3. The Morgan fingerprint density at radius 1 is 1.54 bits per heavy atom. The number of esters is 1. The van der Waals surface area contributed by atoms with Crippen LogP contribution in [0.5, 0.6) is 0 Å². The van der Waals surface area contributed by atoms with Gasteiger partial charge in [0.25, 0.3) is 0 Å². The molecule has 0 saturated heterocycles. The lowest BCUT2D eigenvalue weighted by Gasteiger charge is -2.31. The van der Waals surface area contributed by atoms with Crippen molar-refractivity contribution in [1.29, 1.82) is 0 Å². The predicted octanol–water partition coefficient (Wildman–Crippen LogP) is 1.46. The van der Waals surface area contributed by atoms with Crippen LogP contribution in [-0.4, -0.2) is 18.6 Å². The number of hydrogen-bond donors (Lipinski definition) is 1. The average Bonchev–Trinajstić information content (AvgIpc) is 2.68. The second kappa shape index (κ2) is 4.09. The van der Waals surface area contributed by atoms with Gasteiger partial charge in [0.2, 0.25) is 0 Å². The summed E-state index contributed by atoms with van der Waals surface area (Å²) in [5.41, 5.74) is 5.35. The topological polar surface area (TPSA) is 52.3 Å². The van der Waals surface area contributed by atoms with Crippen molar-refractivity contribution in [2.45, 2.75) is 44.6 Å². The normalized spacial score (nSPS) is 22.7. The fraction of sp³-hybridized carbons (Fsp3) is 0.900. The molecule has 0 spiro atoms. The standard InChI is InChI=1S/C10H19NO2/c1-3-10(11,9(12)13-2)8-6-4-5-7-8/h8H,3-7,11H2,1-2H3/t10-/m1/s1. The zero-order valence-corrected chi connectivity index (χ0v) is 8.51. The summed E-state index contributed by atoms with van der Waals surface area (Å²) in [6, 6.07) is 0. The Hall–Kier alpha value is -0.570. The van der Waals surface area contributed by atoms with Crippen molar-refractivity contribution in [3.05, 3.63) is 0 Å². The van der Waals surface area contributed by atoms with Gasteiger partial charge in [-0.2, -0.15) is 0 Å². The van der Waals surface area contributed by atoms with Crippen LogP contribution in [0, 0.1) is 5.92 Å². The number of carbonyl (C=O) groups is 1. The zero-order valence-electron chi connectivity index (χ0n) is 8.51. The van der Waals surface area contributed by atoms with Crippen LogP contribution >= 0.6 is 0 Å². The molecule has 0 aromatic carbocycles. The molecule has 2 N–H and O–H groups in total. The van der Waals surface area contributed by atoms with E-state index in [1.807, 2.05) is 6.92 Å². The molecule has 0 aromatic heterocycles. The van der Waals surface area contributed by atoms with Crippen molar-refractivity contribution in [3.63, 3.8) is 0 Å². The highest BCUT2D eigenvalue weighted by Gasteiger charge is 2.42. The molecule has 13 heavy (non-hydrogen) atoms. The number of methoxy groups -OCH3 is 1. The van der Waals surface area contributed by atoms with Crippen molar-refractivity contribution in [2.75, 3.05) is 7.11 Å². The maximum absolute atomic E-state index is 11.5. The van der Waals surface area contributed by atoms with Gasteiger partial charge >= 0.3 is 5.97 Å². The molecule has 1 aliphatic rings. The molecule has 1 saturated carbocycles. The van der Waals surface area contributed by atoms with E-state index in [2.05, 4.69) is 0 Å². The summed E-state index contributed by atoms with van der Waals surface area (Å²) in [6.45, 7) is 1.95. The van der Waals surface area contributed by atoms with E-state index in [9.17, 15) is 4.79 Å². The summed E-state index contributed by atoms with van der Waals surface area (Å²) in [6.07, 6.45) is 5.20. The maximum Gasteiger partial charge on any atom is 0.326 e. The van der Waals surface area contributed by atoms with Crippen LogP contribution in [0.3, 0.4) is 0 Å². The average molecular weight is 185 g/mol. The highest BCUT2D eigenvalue weighted by molar-refractivity contribution is 5.80. The minimum atomic E-state index is -0.731. The van der Waals surface area contributed by atoms with E-state index in [1.165, 1.54) is 20.0 Å². The van der Waals surface area contributed by atoms with Gasteiger partial charge in [-0.05, 0) is 25.2 Å². The monoisotopic (exact) mass is 185 g/mol. The van der Waals surface area contributed by atoms with Gasteiger partial charge in [-0.25, -0.2) is 0 Å². The van der Waals surface area contributed by atoms with Crippen LogP contribution < -0.4 is 5.73 Å². The first-order valence-corrected chi connectivity index (χ1v) is 5.02. The van der Waals surface area contributed by atoms with E-state index >= 15 is 0 Å². The Balaban J connectivity index is 2.72. The van der Waals surface area contributed by atoms with Gasteiger partial charge in [0.05, 0.1) is 7.11 Å². The fourth-order valence-corrected chi connectivity index (χ4v) is 2.23. The van der Waals surface area contributed by atoms with Gasteiger partial charge in [0.1, 0.15) is 5.54 Å².